The van der Waals surface area contributed by atoms with E-state index in [9.17, 15) is 22.4 Å². The first-order chi connectivity index (χ1) is 17.1. The molecule has 0 aliphatic rings. The van der Waals surface area contributed by atoms with Crippen LogP contribution in [0.15, 0.2) is 83.8 Å². The summed E-state index contributed by atoms with van der Waals surface area (Å²) in [6.45, 7) is 5.05. The Bertz CT molecular complexity index is 1300. The van der Waals surface area contributed by atoms with Crippen LogP contribution in [0.3, 0.4) is 0 Å². The summed E-state index contributed by atoms with van der Waals surface area (Å²) >= 11 is 0. The van der Waals surface area contributed by atoms with Crippen LogP contribution >= 0.6 is 0 Å². The minimum atomic E-state index is -4.29. The molecule has 1 atom stereocenters. The Morgan fingerprint density at radius 2 is 1.56 bits per heavy atom. The van der Waals surface area contributed by atoms with Crippen LogP contribution in [-0.2, 0) is 26.2 Å². The second-order valence-electron chi connectivity index (χ2n) is 8.35. The fourth-order valence-electron chi connectivity index (χ4n) is 3.68. The Kier molecular flexibility index (Phi) is 8.82. The molecule has 190 valence electrons. The number of halogens is 1. The summed E-state index contributed by atoms with van der Waals surface area (Å²) in [6.07, 6.45) is 0. The lowest BCUT2D eigenvalue weighted by Gasteiger charge is -2.32. The molecule has 0 aliphatic heterocycles. The molecule has 0 saturated heterocycles. The fourth-order valence-corrected chi connectivity index (χ4v) is 5.12. The average molecular weight is 512 g/mol. The average Bonchev–Trinajstić information content (AvgIpc) is 2.87. The van der Waals surface area contributed by atoms with Gasteiger partial charge in [0.15, 0.2) is 0 Å². The van der Waals surface area contributed by atoms with Gasteiger partial charge in [-0.1, -0.05) is 60.2 Å². The number of hydrogen-bond acceptors (Lipinski definition) is 4. The highest BCUT2D eigenvalue weighted by atomic mass is 32.2. The minimum absolute atomic E-state index is 0.0773. The van der Waals surface area contributed by atoms with Crippen LogP contribution in [0.2, 0.25) is 0 Å². The maximum Gasteiger partial charge on any atom is 0.264 e. The van der Waals surface area contributed by atoms with Gasteiger partial charge in [0.05, 0.1) is 10.6 Å². The first-order valence-electron chi connectivity index (χ1n) is 11.6. The van der Waals surface area contributed by atoms with E-state index in [4.69, 9.17) is 0 Å². The number of anilines is 1. The SMILES string of the molecule is CCNC(=O)C(C)N(Cc1ccc(C)cc1)C(=O)CN(c1ccccc1F)S(=O)(=O)c1ccccc1. The summed E-state index contributed by atoms with van der Waals surface area (Å²) in [6, 6.07) is 19.5. The van der Waals surface area contributed by atoms with Crippen molar-refractivity contribution < 1.29 is 22.4 Å². The first kappa shape index (κ1) is 26.9. The van der Waals surface area contributed by atoms with Gasteiger partial charge in [0.1, 0.15) is 18.4 Å². The number of carbonyl (C=O) groups is 2. The summed E-state index contributed by atoms with van der Waals surface area (Å²) in [5.74, 6) is -1.80. The molecule has 0 aliphatic carbocycles. The number of rotatable bonds is 10. The molecule has 0 heterocycles. The second-order valence-corrected chi connectivity index (χ2v) is 10.2. The molecule has 7 nitrogen and oxygen atoms in total. The van der Waals surface area contributed by atoms with Gasteiger partial charge in [0.25, 0.3) is 10.0 Å². The van der Waals surface area contributed by atoms with Crippen LogP contribution in [0.25, 0.3) is 0 Å². The molecule has 3 aromatic rings. The van der Waals surface area contributed by atoms with E-state index in [1.165, 1.54) is 35.2 Å². The maximum atomic E-state index is 14.8. The van der Waals surface area contributed by atoms with Crippen molar-refractivity contribution >= 4 is 27.5 Å². The molecule has 3 rings (SSSR count). The Morgan fingerprint density at radius 1 is 0.944 bits per heavy atom. The van der Waals surface area contributed by atoms with Crippen molar-refractivity contribution in [2.75, 3.05) is 17.4 Å². The van der Waals surface area contributed by atoms with Crippen LogP contribution in [0.5, 0.6) is 0 Å². The van der Waals surface area contributed by atoms with Crippen LogP contribution in [0, 0.1) is 12.7 Å². The summed E-state index contributed by atoms with van der Waals surface area (Å²) in [5.41, 5.74) is 1.55. The molecule has 1 unspecified atom stereocenters. The monoisotopic (exact) mass is 511 g/mol. The normalized spacial score (nSPS) is 12.0. The number of sulfonamides is 1. The topological polar surface area (TPSA) is 86.8 Å². The van der Waals surface area contributed by atoms with E-state index in [0.717, 1.165) is 21.5 Å². The highest BCUT2D eigenvalue weighted by Crippen LogP contribution is 2.26. The zero-order valence-corrected chi connectivity index (χ0v) is 21.3. The van der Waals surface area contributed by atoms with Gasteiger partial charge < -0.3 is 10.2 Å². The van der Waals surface area contributed by atoms with E-state index in [-0.39, 0.29) is 23.0 Å². The third kappa shape index (κ3) is 6.28. The predicted molar refractivity (Wildman–Crippen MR) is 137 cm³/mol. The number of hydrogen-bond donors (Lipinski definition) is 1. The molecule has 0 bridgehead atoms. The summed E-state index contributed by atoms with van der Waals surface area (Å²) in [7, 11) is -4.29. The molecule has 0 spiro atoms. The maximum absolute atomic E-state index is 14.8. The van der Waals surface area contributed by atoms with E-state index in [1.807, 2.05) is 31.2 Å². The molecule has 9 heteroatoms. The molecule has 0 radical (unpaired) electrons. The number of carbonyl (C=O) groups excluding carboxylic acids is 2. The molecular weight excluding hydrogens is 481 g/mol. The highest BCUT2D eigenvalue weighted by Gasteiger charge is 2.33. The van der Waals surface area contributed by atoms with Gasteiger partial charge in [-0.15, -0.1) is 0 Å². The lowest BCUT2D eigenvalue weighted by Crippen LogP contribution is -2.51. The lowest BCUT2D eigenvalue weighted by molar-refractivity contribution is -0.139. The van der Waals surface area contributed by atoms with Gasteiger partial charge in [-0.05, 0) is 50.6 Å². The molecule has 0 aromatic heterocycles. The van der Waals surface area contributed by atoms with Crippen molar-refractivity contribution in [1.82, 2.24) is 10.2 Å². The minimum Gasteiger partial charge on any atom is -0.355 e. The molecule has 2 amide bonds. The van der Waals surface area contributed by atoms with E-state index in [1.54, 1.807) is 32.0 Å². The van der Waals surface area contributed by atoms with Crippen molar-refractivity contribution in [3.05, 3.63) is 95.8 Å². The zero-order valence-electron chi connectivity index (χ0n) is 20.5. The first-order valence-corrected chi connectivity index (χ1v) is 13.0. The largest absolute Gasteiger partial charge is 0.355 e. The Morgan fingerprint density at radius 3 is 2.17 bits per heavy atom. The zero-order chi connectivity index (χ0) is 26.3. The lowest BCUT2D eigenvalue weighted by atomic mass is 10.1. The Hall–Kier alpha value is -3.72. The summed E-state index contributed by atoms with van der Waals surface area (Å²) in [5, 5.41) is 2.70. The van der Waals surface area contributed by atoms with Crippen LogP contribution in [-0.4, -0.2) is 44.3 Å². The van der Waals surface area contributed by atoms with Gasteiger partial charge in [-0.2, -0.15) is 0 Å². The van der Waals surface area contributed by atoms with Crippen molar-refractivity contribution in [2.24, 2.45) is 0 Å². The van der Waals surface area contributed by atoms with Crippen molar-refractivity contribution in [3.63, 3.8) is 0 Å². The van der Waals surface area contributed by atoms with Gasteiger partial charge in [0, 0.05) is 13.1 Å². The summed E-state index contributed by atoms with van der Waals surface area (Å²) < 4.78 is 42.7. The van der Waals surface area contributed by atoms with Gasteiger partial charge in [-0.25, -0.2) is 12.8 Å². The molecular formula is C27H30FN3O4S. The van der Waals surface area contributed by atoms with Gasteiger partial charge >= 0.3 is 0 Å². The Labute approximate surface area is 211 Å². The molecule has 0 fully saturated rings. The highest BCUT2D eigenvalue weighted by molar-refractivity contribution is 7.92. The Balaban J connectivity index is 2.02. The summed E-state index contributed by atoms with van der Waals surface area (Å²) in [4.78, 5) is 27.5. The van der Waals surface area contributed by atoms with E-state index in [0.29, 0.717) is 6.54 Å². The third-order valence-electron chi connectivity index (χ3n) is 5.72. The van der Waals surface area contributed by atoms with Crippen molar-refractivity contribution in [3.8, 4) is 0 Å². The number of likely N-dealkylation sites (N-methyl/N-ethyl adjacent to an activating group) is 1. The van der Waals surface area contributed by atoms with Crippen LogP contribution in [0.4, 0.5) is 10.1 Å². The van der Waals surface area contributed by atoms with Crippen molar-refractivity contribution in [1.29, 1.82) is 0 Å². The predicted octanol–water partition coefficient (Wildman–Crippen LogP) is 3.88. The van der Waals surface area contributed by atoms with E-state index >= 15 is 0 Å². The quantitative estimate of drug-likeness (QED) is 0.448. The van der Waals surface area contributed by atoms with E-state index in [2.05, 4.69) is 5.32 Å². The number of nitrogens with zero attached hydrogens (tertiary/aromatic N) is 2. The smallest absolute Gasteiger partial charge is 0.264 e. The number of para-hydroxylation sites is 1. The molecule has 36 heavy (non-hydrogen) atoms. The fraction of sp³-hybridized carbons (Fsp3) is 0.259. The second kappa shape index (κ2) is 11.8. The number of benzene rings is 3. The number of amides is 2. The molecule has 1 N–H and O–H groups in total. The van der Waals surface area contributed by atoms with E-state index < -0.39 is 34.3 Å². The van der Waals surface area contributed by atoms with Crippen molar-refractivity contribution in [2.45, 2.75) is 38.3 Å². The van der Waals surface area contributed by atoms with Crippen LogP contribution in [0.1, 0.15) is 25.0 Å². The number of aryl methyl sites for hydroxylation is 1. The molecule has 0 saturated carbocycles. The number of nitrogens with one attached hydrogen (secondary N) is 1. The molecule has 3 aromatic carbocycles. The third-order valence-corrected chi connectivity index (χ3v) is 7.50. The van der Waals surface area contributed by atoms with Crippen LogP contribution < -0.4 is 9.62 Å². The standard InChI is InChI=1S/C27H30FN3O4S/c1-4-29-27(33)21(3)30(18-22-16-14-20(2)15-17-22)26(32)19-31(25-13-9-8-12-24(25)28)36(34,35)23-10-6-5-7-11-23/h5-17,21H,4,18-19H2,1-3H3,(H,29,33). The van der Waals surface area contributed by atoms with Gasteiger partial charge in [0.2, 0.25) is 11.8 Å². The van der Waals surface area contributed by atoms with Gasteiger partial charge in [-0.3, -0.25) is 13.9 Å².